The number of carboxylic acids is 1. The van der Waals surface area contributed by atoms with Crippen molar-refractivity contribution in [2.45, 2.75) is 37.6 Å². The lowest BCUT2D eigenvalue weighted by molar-refractivity contribution is -0.304. The van der Waals surface area contributed by atoms with Crippen LogP contribution in [0.2, 0.25) is 0 Å². The molecule has 0 fully saturated rings. The van der Waals surface area contributed by atoms with Crippen molar-refractivity contribution >= 4 is 17.7 Å². The first-order valence-corrected chi connectivity index (χ1v) is 5.78. The molecule has 0 saturated heterocycles. The Kier molecular flexibility index (Phi) is 4.12. The van der Waals surface area contributed by atoms with Gasteiger partial charge in [0, 0.05) is 11.3 Å². The van der Waals surface area contributed by atoms with Gasteiger partial charge in [0.2, 0.25) is 0 Å². The second-order valence-electron chi connectivity index (χ2n) is 3.42. The number of aliphatic carboxylic acids is 1. The molecular formula is C10H13N2O3S-. The van der Waals surface area contributed by atoms with Crippen LogP contribution in [-0.4, -0.2) is 21.2 Å². The summed E-state index contributed by atoms with van der Waals surface area (Å²) in [6, 6.07) is 0. The van der Waals surface area contributed by atoms with E-state index in [1.54, 1.807) is 20.8 Å². The van der Waals surface area contributed by atoms with Gasteiger partial charge >= 0.3 is 0 Å². The fraction of sp³-hybridized carbons (Fsp3) is 0.500. The average molecular weight is 241 g/mol. The van der Waals surface area contributed by atoms with Gasteiger partial charge in [0.15, 0.2) is 5.16 Å². The number of hydrogen-bond acceptors (Lipinski definition) is 5. The van der Waals surface area contributed by atoms with Crippen LogP contribution in [-0.2, 0) is 4.79 Å². The molecule has 1 aromatic heterocycles. The summed E-state index contributed by atoms with van der Waals surface area (Å²) in [7, 11) is 0. The summed E-state index contributed by atoms with van der Waals surface area (Å²) < 4.78 is 0. The average Bonchev–Trinajstić information content (AvgIpc) is 2.21. The van der Waals surface area contributed by atoms with E-state index >= 15 is 0 Å². The Labute approximate surface area is 97.3 Å². The summed E-state index contributed by atoms with van der Waals surface area (Å²) in [6.45, 7) is 5.13. The quantitative estimate of drug-likeness (QED) is 0.592. The molecule has 0 aliphatic rings. The van der Waals surface area contributed by atoms with Crippen LogP contribution in [0.4, 0.5) is 0 Å². The van der Waals surface area contributed by atoms with Crippen molar-refractivity contribution in [3.8, 4) is 0 Å². The molecule has 1 aromatic rings. The third kappa shape index (κ3) is 2.85. The number of carboxylic acid groups (broad SMARTS) is 1. The molecule has 1 rings (SSSR count). The normalized spacial score (nSPS) is 12.4. The summed E-state index contributed by atoms with van der Waals surface area (Å²) in [6.07, 6.45) is 0.420. The minimum absolute atomic E-state index is 0.233. The van der Waals surface area contributed by atoms with Crippen LogP contribution in [0, 0.1) is 13.8 Å². The molecule has 0 bridgehead atoms. The first-order chi connectivity index (χ1) is 7.45. The summed E-state index contributed by atoms with van der Waals surface area (Å²) in [5, 5.41) is 10.4. The van der Waals surface area contributed by atoms with Crippen LogP contribution in [0.5, 0.6) is 0 Å². The molecule has 0 amide bonds. The number of carbonyl (C=O) groups is 1. The molecule has 0 spiro atoms. The second-order valence-corrected chi connectivity index (χ2v) is 4.61. The Morgan fingerprint density at radius 2 is 2.19 bits per heavy atom. The number of aromatic nitrogens is 2. The fourth-order valence-electron chi connectivity index (χ4n) is 1.11. The maximum atomic E-state index is 11.4. The molecule has 0 radical (unpaired) electrons. The van der Waals surface area contributed by atoms with E-state index in [0.717, 1.165) is 11.8 Å². The van der Waals surface area contributed by atoms with Crippen LogP contribution in [0.3, 0.4) is 0 Å². The molecule has 88 valence electrons. The first kappa shape index (κ1) is 12.8. The zero-order valence-corrected chi connectivity index (χ0v) is 10.2. The number of H-pyrrole nitrogens is 1. The van der Waals surface area contributed by atoms with E-state index in [0.29, 0.717) is 22.8 Å². The van der Waals surface area contributed by atoms with E-state index in [-0.39, 0.29) is 5.56 Å². The van der Waals surface area contributed by atoms with Crippen LogP contribution in [0.15, 0.2) is 9.95 Å². The van der Waals surface area contributed by atoms with Crippen molar-refractivity contribution in [1.29, 1.82) is 0 Å². The third-order valence-electron chi connectivity index (χ3n) is 2.26. The maximum Gasteiger partial charge on any atom is 0.254 e. The summed E-state index contributed by atoms with van der Waals surface area (Å²) in [5.41, 5.74) is 0.925. The maximum absolute atomic E-state index is 11.4. The van der Waals surface area contributed by atoms with E-state index in [2.05, 4.69) is 9.97 Å². The smallest absolute Gasteiger partial charge is 0.254 e. The van der Waals surface area contributed by atoms with Crippen molar-refractivity contribution < 1.29 is 9.90 Å². The molecule has 0 saturated carbocycles. The van der Waals surface area contributed by atoms with Crippen molar-refractivity contribution in [3.05, 3.63) is 21.6 Å². The van der Waals surface area contributed by atoms with E-state index < -0.39 is 11.2 Å². The van der Waals surface area contributed by atoms with Crippen molar-refractivity contribution in [3.63, 3.8) is 0 Å². The largest absolute Gasteiger partial charge is 0.549 e. The molecule has 0 aromatic carbocycles. The molecule has 1 heterocycles. The zero-order chi connectivity index (χ0) is 12.3. The number of carbonyl (C=O) groups excluding carboxylic acids is 1. The number of hydrogen-bond donors (Lipinski definition) is 1. The van der Waals surface area contributed by atoms with Crippen LogP contribution < -0.4 is 10.7 Å². The van der Waals surface area contributed by atoms with Crippen molar-refractivity contribution in [2.75, 3.05) is 0 Å². The highest BCUT2D eigenvalue weighted by Crippen LogP contribution is 2.20. The van der Waals surface area contributed by atoms with Gasteiger partial charge in [-0.1, -0.05) is 18.7 Å². The van der Waals surface area contributed by atoms with Crippen LogP contribution >= 0.6 is 11.8 Å². The lowest BCUT2D eigenvalue weighted by Gasteiger charge is -2.14. The Bertz CT molecular complexity index is 456. The van der Waals surface area contributed by atoms with E-state index in [9.17, 15) is 14.7 Å². The molecule has 1 N–H and O–H groups in total. The van der Waals surface area contributed by atoms with Gasteiger partial charge in [-0.15, -0.1) is 0 Å². The highest BCUT2D eigenvalue weighted by Gasteiger charge is 2.12. The van der Waals surface area contributed by atoms with Gasteiger partial charge in [0.05, 0.1) is 11.2 Å². The topological polar surface area (TPSA) is 85.9 Å². The van der Waals surface area contributed by atoms with E-state index in [1.807, 2.05) is 0 Å². The molecule has 1 atom stereocenters. The minimum atomic E-state index is -1.15. The standard InChI is InChI=1S/C10H14N2O3S/c1-4-7(9(14)15)16-10-11-6(3)5(2)8(13)12-10/h7H,4H2,1-3H3,(H,14,15)(H,11,12,13)/p-1/t7-/m0/s1. The van der Waals surface area contributed by atoms with Gasteiger partial charge in [0.25, 0.3) is 5.56 Å². The van der Waals surface area contributed by atoms with Gasteiger partial charge in [0.1, 0.15) is 0 Å². The number of nitrogens with zero attached hydrogens (tertiary/aromatic N) is 1. The van der Waals surface area contributed by atoms with Crippen molar-refractivity contribution in [2.24, 2.45) is 0 Å². The highest BCUT2D eigenvalue weighted by molar-refractivity contribution is 8.00. The molecule has 0 aliphatic heterocycles. The minimum Gasteiger partial charge on any atom is -0.549 e. The lowest BCUT2D eigenvalue weighted by atomic mass is 10.3. The molecule has 16 heavy (non-hydrogen) atoms. The molecule has 5 nitrogen and oxygen atoms in total. The van der Waals surface area contributed by atoms with Gasteiger partial charge in [-0.25, -0.2) is 4.98 Å². The Hall–Kier alpha value is -1.30. The predicted octanol–water partition coefficient (Wildman–Crippen LogP) is 0.00734. The van der Waals surface area contributed by atoms with Crippen LogP contribution in [0.25, 0.3) is 0 Å². The first-order valence-electron chi connectivity index (χ1n) is 4.90. The number of aryl methyl sites for hydroxylation is 1. The van der Waals surface area contributed by atoms with Gasteiger partial charge in [-0.3, -0.25) is 4.79 Å². The Morgan fingerprint density at radius 1 is 1.56 bits per heavy atom. The second kappa shape index (κ2) is 5.16. The Morgan fingerprint density at radius 3 is 2.62 bits per heavy atom. The lowest BCUT2D eigenvalue weighted by Crippen LogP contribution is -2.33. The highest BCUT2D eigenvalue weighted by atomic mass is 32.2. The fourth-order valence-corrected chi connectivity index (χ4v) is 1.98. The number of nitrogens with one attached hydrogen (secondary N) is 1. The van der Waals surface area contributed by atoms with Crippen molar-refractivity contribution in [1.82, 2.24) is 9.97 Å². The Balaban J connectivity index is 2.98. The summed E-state index contributed by atoms with van der Waals surface area (Å²) >= 11 is 1.01. The van der Waals surface area contributed by atoms with Crippen LogP contribution in [0.1, 0.15) is 24.6 Å². The van der Waals surface area contributed by atoms with E-state index in [4.69, 9.17) is 0 Å². The van der Waals surface area contributed by atoms with E-state index in [1.165, 1.54) is 0 Å². The molecule has 0 aliphatic carbocycles. The molecule has 0 unspecified atom stereocenters. The van der Waals surface area contributed by atoms with Gasteiger partial charge < -0.3 is 14.9 Å². The summed E-state index contributed by atoms with van der Waals surface area (Å²) in [4.78, 5) is 28.8. The number of thioether (sulfide) groups is 1. The summed E-state index contributed by atoms with van der Waals surface area (Å²) in [5.74, 6) is -1.15. The molecule has 6 heteroatoms. The third-order valence-corrected chi connectivity index (χ3v) is 3.49. The predicted molar refractivity (Wildman–Crippen MR) is 59.3 cm³/mol. The van der Waals surface area contributed by atoms with Gasteiger partial charge in [-0.05, 0) is 20.3 Å². The number of rotatable bonds is 4. The molecular weight excluding hydrogens is 228 g/mol. The zero-order valence-electron chi connectivity index (χ0n) is 9.36. The number of aromatic amines is 1. The monoisotopic (exact) mass is 241 g/mol. The van der Waals surface area contributed by atoms with Gasteiger partial charge in [-0.2, -0.15) is 0 Å². The SMILES string of the molecule is CC[C@H](Sc1nc(C)c(C)c(=O)[nH]1)C(=O)[O-].